The minimum Gasteiger partial charge on any atom is -0.382 e. The van der Waals surface area contributed by atoms with Crippen LogP contribution >= 0.6 is 0 Å². The number of hydrogen-bond acceptors (Lipinski definition) is 5. The molecule has 1 amide bonds. The van der Waals surface area contributed by atoms with Crippen molar-refractivity contribution >= 4 is 23.1 Å². The summed E-state index contributed by atoms with van der Waals surface area (Å²) in [6, 6.07) is 8.62. The normalized spacial score (nSPS) is 10.5. The van der Waals surface area contributed by atoms with Gasteiger partial charge in [-0.2, -0.15) is 0 Å². The highest BCUT2D eigenvalue weighted by atomic mass is 16.1. The quantitative estimate of drug-likeness (QED) is 0.765. The summed E-state index contributed by atoms with van der Waals surface area (Å²) in [7, 11) is 4.00. The maximum absolute atomic E-state index is 12.4. The van der Waals surface area contributed by atoms with Crippen LogP contribution in [0.25, 0.3) is 0 Å². The first-order valence-corrected chi connectivity index (χ1v) is 7.71. The molecule has 0 radical (unpaired) electrons. The Labute approximate surface area is 141 Å². The molecule has 6 heteroatoms. The summed E-state index contributed by atoms with van der Waals surface area (Å²) in [6.45, 7) is 3.14. The summed E-state index contributed by atoms with van der Waals surface area (Å²) in [5.41, 5.74) is 2.39. The van der Waals surface area contributed by atoms with Gasteiger partial charge in [0.05, 0.1) is 11.3 Å². The van der Waals surface area contributed by atoms with E-state index in [4.69, 9.17) is 0 Å². The minimum absolute atomic E-state index is 0.0418. The van der Waals surface area contributed by atoms with Crippen molar-refractivity contribution in [1.82, 2.24) is 9.88 Å². The topological polar surface area (TPSA) is 74.3 Å². The molecule has 2 N–H and O–H groups in total. The lowest BCUT2D eigenvalue weighted by atomic mass is 10.1. The molecule has 1 aromatic carbocycles. The molecule has 0 aliphatic carbocycles. The summed E-state index contributed by atoms with van der Waals surface area (Å²) in [4.78, 5) is 29.9. The molecule has 2 aromatic rings. The number of ketones is 1. The first-order chi connectivity index (χ1) is 11.5. The highest BCUT2D eigenvalue weighted by Gasteiger charge is 2.09. The van der Waals surface area contributed by atoms with Crippen LogP contribution < -0.4 is 10.6 Å². The van der Waals surface area contributed by atoms with Crippen LogP contribution in [-0.2, 0) is 0 Å². The van der Waals surface area contributed by atoms with Crippen molar-refractivity contribution in [3.05, 3.63) is 53.9 Å². The largest absolute Gasteiger partial charge is 0.382 e. The van der Waals surface area contributed by atoms with E-state index in [9.17, 15) is 9.59 Å². The Hall–Kier alpha value is -2.73. The van der Waals surface area contributed by atoms with Gasteiger partial charge in [0.25, 0.3) is 5.91 Å². The second kappa shape index (κ2) is 8.21. The van der Waals surface area contributed by atoms with Gasteiger partial charge in [0, 0.05) is 36.7 Å². The number of nitrogens with zero attached hydrogens (tertiary/aromatic N) is 2. The van der Waals surface area contributed by atoms with Crippen molar-refractivity contribution in [1.29, 1.82) is 0 Å². The molecule has 126 valence electrons. The third kappa shape index (κ3) is 5.17. The summed E-state index contributed by atoms with van der Waals surface area (Å²) < 4.78 is 0. The zero-order chi connectivity index (χ0) is 17.5. The maximum Gasteiger partial charge on any atom is 0.257 e. The Morgan fingerprint density at radius 2 is 1.83 bits per heavy atom. The summed E-state index contributed by atoms with van der Waals surface area (Å²) >= 11 is 0. The lowest BCUT2D eigenvalue weighted by molar-refractivity contribution is 0.101. The number of carbonyl (C=O) groups excluding carboxylic acids is 2. The number of benzene rings is 1. The average molecular weight is 326 g/mol. The SMILES string of the molecule is CC(=O)c1cccc(NC(=O)c2cncc(NCCN(C)C)c2)c1. The molecule has 0 saturated heterocycles. The van der Waals surface area contributed by atoms with Crippen LogP contribution in [0.15, 0.2) is 42.7 Å². The van der Waals surface area contributed by atoms with Crippen LogP contribution in [0.2, 0.25) is 0 Å². The van der Waals surface area contributed by atoms with Gasteiger partial charge in [-0.25, -0.2) is 0 Å². The molecular formula is C18H22N4O2. The Kier molecular flexibility index (Phi) is 6.03. The zero-order valence-corrected chi connectivity index (χ0v) is 14.2. The number of anilines is 2. The molecule has 0 unspecified atom stereocenters. The lowest BCUT2D eigenvalue weighted by Gasteiger charge is -2.12. The van der Waals surface area contributed by atoms with Gasteiger partial charge in [0.15, 0.2) is 5.78 Å². The number of nitrogens with one attached hydrogen (secondary N) is 2. The Balaban J connectivity index is 2.04. The highest BCUT2D eigenvalue weighted by Crippen LogP contribution is 2.14. The van der Waals surface area contributed by atoms with Gasteiger partial charge in [-0.05, 0) is 39.2 Å². The number of Topliss-reactive ketones (excluding diaryl/α,β-unsaturated/α-hetero) is 1. The fourth-order valence-electron chi connectivity index (χ4n) is 2.10. The van der Waals surface area contributed by atoms with Crippen molar-refractivity contribution in [3.8, 4) is 0 Å². The smallest absolute Gasteiger partial charge is 0.257 e. The monoisotopic (exact) mass is 326 g/mol. The Morgan fingerprint density at radius 1 is 1.08 bits per heavy atom. The molecule has 0 saturated carbocycles. The molecule has 0 bridgehead atoms. The van der Waals surface area contributed by atoms with Crippen LogP contribution in [0.3, 0.4) is 0 Å². The second-order valence-electron chi connectivity index (χ2n) is 5.78. The van der Waals surface area contributed by atoms with Gasteiger partial charge in [0.1, 0.15) is 0 Å². The Morgan fingerprint density at radius 3 is 2.54 bits per heavy atom. The van der Waals surface area contributed by atoms with Gasteiger partial charge in [-0.3, -0.25) is 14.6 Å². The molecular weight excluding hydrogens is 304 g/mol. The van der Waals surface area contributed by atoms with E-state index in [1.54, 1.807) is 36.5 Å². The van der Waals surface area contributed by atoms with Gasteiger partial charge in [-0.15, -0.1) is 0 Å². The predicted molar refractivity (Wildman–Crippen MR) is 95.7 cm³/mol. The molecule has 0 atom stereocenters. The molecule has 0 aliphatic heterocycles. The van der Waals surface area contributed by atoms with E-state index in [1.807, 2.05) is 14.1 Å². The summed E-state index contributed by atoms with van der Waals surface area (Å²) in [6.07, 6.45) is 3.20. The van der Waals surface area contributed by atoms with Gasteiger partial charge in [0.2, 0.25) is 0 Å². The number of aromatic nitrogens is 1. The third-order valence-corrected chi connectivity index (χ3v) is 3.42. The van der Waals surface area contributed by atoms with E-state index in [0.717, 1.165) is 18.8 Å². The average Bonchev–Trinajstić information content (AvgIpc) is 2.55. The lowest BCUT2D eigenvalue weighted by Crippen LogP contribution is -2.21. The molecule has 0 spiro atoms. The first-order valence-electron chi connectivity index (χ1n) is 7.71. The fourth-order valence-corrected chi connectivity index (χ4v) is 2.10. The van der Waals surface area contributed by atoms with E-state index >= 15 is 0 Å². The molecule has 6 nitrogen and oxygen atoms in total. The second-order valence-corrected chi connectivity index (χ2v) is 5.78. The highest BCUT2D eigenvalue weighted by molar-refractivity contribution is 6.05. The van der Waals surface area contributed by atoms with Crippen LogP contribution in [0.4, 0.5) is 11.4 Å². The molecule has 0 aliphatic rings. The summed E-state index contributed by atoms with van der Waals surface area (Å²) in [5.74, 6) is -0.306. The molecule has 2 rings (SSSR count). The van der Waals surface area contributed by atoms with Crippen molar-refractivity contribution in [2.24, 2.45) is 0 Å². The van der Waals surface area contributed by atoms with Crippen LogP contribution in [0.5, 0.6) is 0 Å². The summed E-state index contributed by atoms with van der Waals surface area (Å²) in [5, 5.41) is 6.02. The van der Waals surface area contributed by atoms with Crippen molar-refractivity contribution in [2.45, 2.75) is 6.92 Å². The first kappa shape index (κ1) is 17.6. The van der Waals surface area contributed by atoms with E-state index in [2.05, 4.69) is 20.5 Å². The number of pyridine rings is 1. The number of rotatable bonds is 7. The van der Waals surface area contributed by atoms with E-state index in [-0.39, 0.29) is 11.7 Å². The van der Waals surface area contributed by atoms with Crippen molar-refractivity contribution < 1.29 is 9.59 Å². The van der Waals surface area contributed by atoms with Crippen LogP contribution in [-0.4, -0.2) is 48.8 Å². The van der Waals surface area contributed by atoms with E-state index in [0.29, 0.717) is 16.8 Å². The maximum atomic E-state index is 12.4. The van der Waals surface area contributed by atoms with Gasteiger partial charge >= 0.3 is 0 Å². The van der Waals surface area contributed by atoms with Crippen molar-refractivity contribution in [2.75, 3.05) is 37.8 Å². The predicted octanol–water partition coefficient (Wildman–Crippen LogP) is 2.51. The van der Waals surface area contributed by atoms with Gasteiger partial charge in [-0.1, -0.05) is 12.1 Å². The van der Waals surface area contributed by atoms with Crippen molar-refractivity contribution in [3.63, 3.8) is 0 Å². The van der Waals surface area contributed by atoms with E-state index < -0.39 is 0 Å². The number of likely N-dealkylation sites (N-methyl/N-ethyl adjacent to an activating group) is 1. The zero-order valence-electron chi connectivity index (χ0n) is 14.2. The number of carbonyl (C=O) groups is 2. The van der Waals surface area contributed by atoms with Gasteiger partial charge < -0.3 is 15.5 Å². The van der Waals surface area contributed by atoms with Crippen LogP contribution in [0, 0.1) is 0 Å². The fraction of sp³-hybridized carbons (Fsp3) is 0.278. The molecule has 24 heavy (non-hydrogen) atoms. The van der Waals surface area contributed by atoms with Crippen LogP contribution in [0.1, 0.15) is 27.6 Å². The number of hydrogen-bond donors (Lipinski definition) is 2. The van der Waals surface area contributed by atoms with E-state index in [1.165, 1.54) is 13.1 Å². The molecule has 0 fully saturated rings. The standard InChI is InChI=1S/C18H22N4O2/c1-13(23)14-5-4-6-16(9-14)21-18(24)15-10-17(12-19-11-15)20-7-8-22(2)3/h4-6,9-12,20H,7-8H2,1-3H3,(H,21,24). The number of amides is 1. The Bertz CT molecular complexity index is 728. The molecule has 1 heterocycles. The minimum atomic E-state index is -0.264. The third-order valence-electron chi connectivity index (χ3n) is 3.42. The molecule has 1 aromatic heterocycles.